The molecule has 1 aliphatic rings. The molecule has 2 rings (SSSR count). The molecule has 0 saturated carbocycles. The number of nitrogens with zero attached hydrogens (tertiary/aromatic N) is 3. The Bertz CT molecular complexity index is 387. The largest absolute Gasteiger partial charge is 0.477 e. The minimum atomic E-state index is 0.488. The van der Waals surface area contributed by atoms with Gasteiger partial charge in [-0.3, -0.25) is 4.98 Å². The van der Waals surface area contributed by atoms with Gasteiger partial charge in [-0.2, -0.15) is 4.98 Å². The van der Waals surface area contributed by atoms with Gasteiger partial charge in [0.2, 0.25) is 5.88 Å². The lowest BCUT2D eigenvalue weighted by Crippen LogP contribution is -2.40. The molecule has 0 amide bonds. The molecule has 1 saturated heterocycles. The van der Waals surface area contributed by atoms with Crippen molar-refractivity contribution in [3.8, 4) is 5.88 Å². The molecule has 0 aromatic carbocycles. The van der Waals surface area contributed by atoms with Crippen molar-refractivity contribution in [2.24, 2.45) is 0 Å². The first-order valence-corrected chi connectivity index (χ1v) is 7.66. The molecule has 4 nitrogen and oxygen atoms in total. The summed E-state index contributed by atoms with van der Waals surface area (Å²) in [5.41, 5.74) is 0. The number of rotatable bonds is 6. The van der Waals surface area contributed by atoms with Crippen molar-refractivity contribution in [2.75, 3.05) is 23.9 Å². The number of hydrogen-bond acceptors (Lipinski definition) is 4. The summed E-state index contributed by atoms with van der Waals surface area (Å²) in [6, 6.07) is 0.488. The van der Waals surface area contributed by atoms with E-state index < -0.39 is 0 Å². The van der Waals surface area contributed by atoms with Crippen LogP contribution in [-0.4, -0.2) is 35.0 Å². The number of hydrogen-bond donors (Lipinski definition) is 0. The number of aromatic nitrogens is 2. The van der Waals surface area contributed by atoms with Crippen LogP contribution in [0.15, 0.2) is 12.4 Å². The smallest absolute Gasteiger partial charge is 0.234 e. The molecule has 0 radical (unpaired) electrons. The van der Waals surface area contributed by atoms with Crippen LogP contribution in [0.4, 0.5) is 5.82 Å². The lowest BCUT2D eigenvalue weighted by molar-refractivity contribution is 0.303. The Morgan fingerprint density at radius 1 is 1.42 bits per heavy atom. The molecule has 5 heteroatoms. The molecule has 0 aliphatic carbocycles. The van der Waals surface area contributed by atoms with Crippen molar-refractivity contribution >= 4 is 17.4 Å². The minimum absolute atomic E-state index is 0.488. The Labute approximate surface area is 120 Å². The predicted molar refractivity (Wildman–Crippen MR) is 78.1 cm³/mol. The third-order valence-corrected chi connectivity index (χ3v) is 3.64. The summed E-state index contributed by atoms with van der Waals surface area (Å²) in [7, 11) is 0. The Balaban J connectivity index is 2.09. The second-order valence-corrected chi connectivity index (χ2v) is 5.26. The van der Waals surface area contributed by atoms with Crippen LogP contribution in [0.1, 0.15) is 39.0 Å². The van der Waals surface area contributed by atoms with Crippen molar-refractivity contribution in [1.82, 2.24) is 9.97 Å². The summed E-state index contributed by atoms with van der Waals surface area (Å²) in [5.74, 6) is 2.23. The fourth-order valence-corrected chi connectivity index (χ4v) is 2.73. The van der Waals surface area contributed by atoms with Crippen molar-refractivity contribution < 1.29 is 4.74 Å². The average Bonchev–Trinajstić information content (AvgIpc) is 2.46. The second kappa shape index (κ2) is 7.53. The molecule has 106 valence electrons. The molecule has 19 heavy (non-hydrogen) atoms. The quantitative estimate of drug-likeness (QED) is 0.751. The predicted octanol–water partition coefficient (Wildman–Crippen LogP) is 3.25. The van der Waals surface area contributed by atoms with Crippen LogP contribution >= 0.6 is 11.6 Å². The fourth-order valence-electron chi connectivity index (χ4n) is 2.48. The van der Waals surface area contributed by atoms with Crippen LogP contribution in [0.3, 0.4) is 0 Å². The van der Waals surface area contributed by atoms with E-state index in [0.717, 1.165) is 25.2 Å². The zero-order valence-electron chi connectivity index (χ0n) is 11.5. The SMILES string of the molecule is CCCOc1cncc(N2CCCCC2CCCl)n1. The van der Waals surface area contributed by atoms with Gasteiger partial charge in [0.25, 0.3) is 0 Å². The fraction of sp³-hybridized carbons (Fsp3) is 0.714. The van der Waals surface area contributed by atoms with Crippen molar-refractivity contribution in [3.05, 3.63) is 12.4 Å². The topological polar surface area (TPSA) is 38.2 Å². The molecule has 0 N–H and O–H groups in total. The number of anilines is 1. The molecule has 1 atom stereocenters. The van der Waals surface area contributed by atoms with Crippen molar-refractivity contribution in [2.45, 2.75) is 45.1 Å². The summed E-state index contributed by atoms with van der Waals surface area (Å²) < 4.78 is 5.56. The van der Waals surface area contributed by atoms with E-state index in [1.807, 2.05) is 6.20 Å². The van der Waals surface area contributed by atoms with E-state index in [0.29, 0.717) is 24.4 Å². The summed E-state index contributed by atoms with van der Waals surface area (Å²) in [4.78, 5) is 11.1. The molecular weight excluding hydrogens is 262 g/mol. The van der Waals surface area contributed by atoms with E-state index in [-0.39, 0.29) is 0 Å². The third-order valence-electron chi connectivity index (χ3n) is 3.42. The highest BCUT2D eigenvalue weighted by molar-refractivity contribution is 6.17. The normalized spacial score (nSPS) is 19.5. The van der Waals surface area contributed by atoms with E-state index in [1.165, 1.54) is 19.3 Å². The van der Waals surface area contributed by atoms with Gasteiger partial charge in [-0.15, -0.1) is 11.6 Å². The third kappa shape index (κ3) is 3.96. The Hall–Kier alpha value is -1.03. The van der Waals surface area contributed by atoms with E-state index >= 15 is 0 Å². The summed E-state index contributed by atoms with van der Waals surface area (Å²) in [6.45, 7) is 3.80. The van der Waals surface area contributed by atoms with E-state index in [2.05, 4.69) is 21.8 Å². The van der Waals surface area contributed by atoms with Crippen LogP contribution in [0.2, 0.25) is 0 Å². The standard InChI is InChI=1S/C14H22ClN3O/c1-2-9-19-14-11-16-10-13(17-14)18-8-4-3-5-12(18)6-7-15/h10-12H,2-9H2,1H3. The molecule has 1 aromatic rings. The van der Waals surface area contributed by atoms with Gasteiger partial charge in [0, 0.05) is 18.5 Å². The molecular formula is C14H22ClN3O. The molecule has 1 unspecified atom stereocenters. The van der Waals surface area contributed by atoms with Gasteiger partial charge in [-0.05, 0) is 32.1 Å². The summed E-state index contributed by atoms with van der Waals surface area (Å²) in [6.07, 6.45) is 9.16. The maximum absolute atomic E-state index is 5.90. The molecule has 0 bridgehead atoms. The van der Waals surface area contributed by atoms with Crippen LogP contribution in [-0.2, 0) is 0 Å². The monoisotopic (exact) mass is 283 g/mol. The highest BCUT2D eigenvalue weighted by Gasteiger charge is 2.23. The number of ether oxygens (including phenoxy) is 1. The van der Waals surface area contributed by atoms with Crippen LogP contribution in [0, 0.1) is 0 Å². The lowest BCUT2D eigenvalue weighted by Gasteiger charge is -2.36. The first-order valence-electron chi connectivity index (χ1n) is 7.12. The highest BCUT2D eigenvalue weighted by atomic mass is 35.5. The molecule has 1 aliphatic heterocycles. The van der Waals surface area contributed by atoms with Gasteiger partial charge in [0.15, 0.2) is 5.82 Å². The molecule has 1 fully saturated rings. The van der Waals surface area contributed by atoms with Crippen LogP contribution in [0.25, 0.3) is 0 Å². The molecule has 2 heterocycles. The minimum Gasteiger partial charge on any atom is -0.477 e. The highest BCUT2D eigenvalue weighted by Crippen LogP contribution is 2.26. The first-order chi connectivity index (χ1) is 9.35. The van der Waals surface area contributed by atoms with Gasteiger partial charge in [0.1, 0.15) is 0 Å². The number of alkyl halides is 1. The van der Waals surface area contributed by atoms with Gasteiger partial charge < -0.3 is 9.64 Å². The van der Waals surface area contributed by atoms with Crippen LogP contribution in [0.5, 0.6) is 5.88 Å². The zero-order valence-corrected chi connectivity index (χ0v) is 12.3. The maximum Gasteiger partial charge on any atom is 0.234 e. The number of halogens is 1. The average molecular weight is 284 g/mol. The van der Waals surface area contributed by atoms with Gasteiger partial charge >= 0.3 is 0 Å². The van der Waals surface area contributed by atoms with E-state index in [4.69, 9.17) is 16.3 Å². The zero-order chi connectivity index (χ0) is 13.5. The molecule has 0 spiro atoms. The van der Waals surface area contributed by atoms with Gasteiger partial charge in [0.05, 0.1) is 19.0 Å². The van der Waals surface area contributed by atoms with Gasteiger partial charge in [-0.25, -0.2) is 0 Å². The second-order valence-electron chi connectivity index (χ2n) is 4.88. The summed E-state index contributed by atoms with van der Waals surface area (Å²) >= 11 is 5.90. The Morgan fingerprint density at radius 3 is 3.11 bits per heavy atom. The Morgan fingerprint density at radius 2 is 2.32 bits per heavy atom. The lowest BCUT2D eigenvalue weighted by atomic mass is 10.0. The van der Waals surface area contributed by atoms with E-state index in [1.54, 1.807) is 6.20 Å². The van der Waals surface area contributed by atoms with Crippen molar-refractivity contribution in [3.63, 3.8) is 0 Å². The Kier molecular flexibility index (Phi) is 5.70. The summed E-state index contributed by atoms with van der Waals surface area (Å²) in [5, 5.41) is 0. The van der Waals surface area contributed by atoms with Crippen molar-refractivity contribution in [1.29, 1.82) is 0 Å². The maximum atomic E-state index is 5.90. The van der Waals surface area contributed by atoms with E-state index in [9.17, 15) is 0 Å². The van der Waals surface area contributed by atoms with Gasteiger partial charge in [-0.1, -0.05) is 6.92 Å². The van der Waals surface area contributed by atoms with Crippen LogP contribution < -0.4 is 9.64 Å². The molecule has 1 aromatic heterocycles. The number of piperidine rings is 1. The first kappa shape index (κ1) is 14.4.